The van der Waals surface area contributed by atoms with E-state index >= 15 is 0 Å². The van der Waals surface area contributed by atoms with Crippen molar-refractivity contribution in [2.45, 2.75) is 36.8 Å². The molecular weight excluding hydrogens is 448 g/mol. The van der Waals surface area contributed by atoms with Crippen LogP contribution in [-0.2, 0) is 21.0 Å². The molecule has 0 atom stereocenters. The third kappa shape index (κ3) is 5.23. The van der Waals surface area contributed by atoms with E-state index in [0.29, 0.717) is 22.8 Å². The number of carbonyl (C=O) groups is 1. The number of hydrogen-bond acceptors (Lipinski definition) is 5. The standard InChI is InChI=1S/C26H26N4O3S/c1-26(2,3)22-17-24(30(29-22)23-14-7-8-15-27-23)28-25(31)20-11-9-10-19(16-20)18-34(32,33)21-12-5-4-6-13-21/h4-17H,18H2,1-3H3,(H,28,31). The first kappa shape index (κ1) is 23.4. The third-order valence-corrected chi connectivity index (χ3v) is 6.94. The van der Waals surface area contributed by atoms with E-state index in [1.54, 1.807) is 65.5 Å². The van der Waals surface area contributed by atoms with Gasteiger partial charge < -0.3 is 5.32 Å². The first-order chi connectivity index (χ1) is 16.1. The van der Waals surface area contributed by atoms with Crippen LogP contribution in [0.5, 0.6) is 0 Å². The number of sulfone groups is 1. The molecule has 2 aromatic heterocycles. The predicted octanol–water partition coefficient (Wildman–Crippen LogP) is 4.79. The first-order valence-corrected chi connectivity index (χ1v) is 12.5. The summed E-state index contributed by atoms with van der Waals surface area (Å²) in [7, 11) is -3.52. The first-order valence-electron chi connectivity index (χ1n) is 10.8. The maximum atomic E-state index is 13.1. The molecule has 0 unspecified atom stereocenters. The highest BCUT2D eigenvalue weighted by molar-refractivity contribution is 7.90. The summed E-state index contributed by atoms with van der Waals surface area (Å²) in [5.74, 6) is 0.501. The molecular formula is C26H26N4O3S. The second kappa shape index (κ2) is 9.23. The molecule has 174 valence electrons. The van der Waals surface area contributed by atoms with Gasteiger partial charge in [0.25, 0.3) is 5.91 Å². The van der Waals surface area contributed by atoms with Gasteiger partial charge in [0, 0.05) is 23.2 Å². The van der Waals surface area contributed by atoms with Crippen LogP contribution in [0.15, 0.2) is 90.0 Å². The van der Waals surface area contributed by atoms with Gasteiger partial charge in [-0.3, -0.25) is 4.79 Å². The van der Waals surface area contributed by atoms with Crippen LogP contribution < -0.4 is 5.32 Å². The highest BCUT2D eigenvalue weighted by Crippen LogP contribution is 2.26. The van der Waals surface area contributed by atoms with Crippen LogP contribution in [0.2, 0.25) is 0 Å². The number of nitrogens with one attached hydrogen (secondary N) is 1. The van der Waals surface area contributed by atoms with Gasteiger partial charge in [-0.15, -0.1) is 0 Å². The van der Waals surface area contributed by atoms with Crippen molar-refractivity contribution in [1.82, 2.24) is 14.8 Å². The van der Waals surface area contributed by atoms with E-state index in [1.807, 2.05) is 45.0 Å². The topological polar surface area (TPSA) is 94.0 Å². The molecule has 2 aromatic carbocycles. The van der Waals surface area contributed by atoms with Gasteiger partial charge in [0.15, 0.2) is 15.7 Å². The normalized spacial score (nSPS) is 11.9. The lowest BCUT2D eigenvalue weighted by atomic mass is 9.92. The second-order valence-corrected chi connectivity index (χ2v) is 11.0. The van der Waals surface area contributed by atoms with Crippen molar-refractivity contribution in [2.75, 3.05) is 5.32 Å². The maximum Gasteiger partial charge on any atom is 0.256 e. The molecule has 0 aliphatic rings. The second-order valence-electron chi connectivity index (χ2n) is 8.99. The van der Waals surface area contributed by atoms with Gasteiger partial charge in [0.2, 0.25) is 0 Å². The molecule has 0 spiro atoms. The zero-order chi connectivity index (χ0) is 24.3. The van der Waals surface area contributed by atoms with Crippen molar-refractivity contribution in [3.05, 3.63) is 102 Å². The summed E-state index contributed by atoms with van der Waals surface area (Å²) in [6, 6.07) is 22.2. The molecule has 0 saturated heterocycles. The van der Waals surface area contributed by atoms with Crippen LogP contribution in [0.4, 0.5) is 5.82 Å². The summed E-state index contributed by atoms with van der Waals surface area (Å²) < 4.78 is 27.1. The van der Waals surface area contributed by atoms with Crippen molar-refractivity contribution < 1.29 is 13.2 Å². The van der Waals surface area contributed by atoms with E-state index in [-0.39, 0.29) is 22.0 Å². The van der Waals surface area contributed by atoms with Gasteiger partial charge >= 0.3 is 0 Å². The average molecular weight is 475 g/mol. The quantitative estimate of drug-likeness (QED) is 0.434. The number of amides is 1. The molecule has 0 fully saturated rings. The van der Waals surface area contributed by atoms with E-state index in [1.165, 1.54) is 0 Å². The molecule has 4 rings (SSSR count). The molecule has 1 amide bonds. The zero-order valence-corrected chi connectivity index (χ0v) is 20.1. The van der Waals surface area contributed by atoms with Gasteiger partial charge in [0.05, 0.1) is 16.3 Å². The van der Waals surface area contributed by atoms with Crippen LogP contribution in [-0.4, -0.2) is 29.1 Å². The molecule has 2 heterocycles. The highest BCUT2D eigenvalue weighted by Gasteiger charge is 2.22. The van der Waals surface area contributed by atoms with E-state index < -0.39 is 9.84 Å². The Kier molecular flexibility index (Phi) is 6.34. The number of pyridine rings is 1. The molecule has 0 aliphatic carbocycles. The number of rotatable bonds is 6. The molecule has 0 radical (unpaired) electrons. The Morgan fingerprint density at radius 2 is 1.68 bits per heavy atom. The van der Waals surface area contributed by atoms with Crippen molar-refractivity contribution in [3.8, 4) is 5.82 Å². The average Bonchev–Trinajstić information content (AvgIpc) is 3.24. The van der Waals surface area contributed by atoms with Gasteiger partial charge in [-0.25, -0.2) is 13.4 Å². The van der Waals surface area contributed by atoms with Crippen LogP contribution in [0.1, 0.15) is 42.4 Å². The number of carbonyl (C=O) groups excluding carboxylic acids is 1. The van der Waals surface area contributed by atoms with E-state index in [0.717, 1.165) is 5.69 Å². The molecule has 0 aliphatic heterocycles. The summed E-state index contributed by atoms with van der Waals surface area (Å²) in [6.45, 7) is 6.13. The van der Waals surface area contributed by atoms with E-state index in [4.69, 9.17) is 0 Å². The fourth-order valence-electron chi connectivity index (χ4n) is 3.41. The van der Waals surface area contributed by atoms with Crippen LogP contribution in [0.3, 0.4) is 0 Å². The third-order valence-electron chi connectivity index (χ3n) is 5.23. The lowest BCUT2D eigenvalue weighted by Crippen LogP contribution is -2.16. The summed E-state index contributed by atoms with van der Waals surface area (Å²) in [6.07, 6.45) is 1.66. The Morgan fingerprint density at radius 1 is 0.941 bits per heavy atom. The largest absolute Gasteiger partial charge is 0.306 e. The lowest BCUT2D eigenvalue weighted by Gasteiger charge is -2.13. The fourth-order valence-corrected chi connectivity index (χ4v) is 4.77. The van der Waals surface area contributed by atoms with Gasteiger partial charge in [-0.1, -0.05) is 57.2 Å². The fraction of sp³-hybridized carbons (Fsp3) is 0.192. The Bertz CT molecular complexity index is 1410. The smallest absolute Gasteiger partial charge is 0.256 e. The van der Waals surface area contributed by atoms with Crippen molar-refractivity contribution in [2.24, 2.45) is 0 Å². The lowest BCUT2D eigenvalue weighted by molar-refractivity contribution is 0.102. The number of aromatic nitrogens is 3. The molecule has 0 saturated carbocycles. The number of anilines is 1. The van der Waals surface area contributed by atoms with Crippen LogP contribution in [0, 0.1) is 0 Å². The Balaban J connectivity index is 1.61. The summed E-state index contributed by atoms with van der Waals surface area (Å²) in [4.78, 5) is 17.7. The highest BCUT2D eigenvalue weighted by atomic mass is 32.2. The molecule has 1 N–H and O–H groups in total. The molecule has 8 heteroatoms. The Hall–Kier alpha value is -3.78. The monoisotopic (exact) mass is 474 g/mol. The Morgan fingerprint density at radius 3 is 2.35 bits per heavy atom. The molecule has 0 bridgehead atoms. The minimum atomic E-state index is -3.52. The summed E-state index contributed by atoms with van der Waals surface area (Å²) >= 11 is 0. The number of benzene rings is 2. The van der Waals surface area contributed by atoms with Crippen molar-refractivity contribution in [1.29, 1.82) is 0 Å². The molecule has 7 nitrogen and oxygen atoms in total. The predicted molar refractivity (Wildman–Crippen MR) is 132 cm³/mol. The summed E-state index contributed by atoms with van der Waals surface area (Å²) in [5, 5.41) is 7.57. The number of nitrogens with zero attached hydrogens (tertiary/aromatic N) is 3. The van der Waals surface area contributed by atoms with Gasteiger partial charge in [0.1, 0.15) is 5.82 Å². The van der Waals surface area contributed by atoms with Crippen molar-refractivity contribution in [3.63, 3.8) is 0 Å². The molecule has 4 aromatic rings. The molecule has 34 heavy (non-hydrogen) atoms. The zero-order valence-electron chi connectivity index (χ0n) is 19.3. The van der Waals surface area contributed by atoms with E-state index in [9.17, 15) is 13.2 Å². The minimum absolute atomic E-state index is 0.196. The van der Waals surface area contributed by atoms with Crippen molar-refractivity contribution >= 4 is 21.6 Å². The number of hydrogen-bond donors (Lipinski definition) is 1. The van der Waals surface area contributed by atoms with Crippen LogP contribution in [0.25, 0.3) is 5.82 Å². The van der Waals surface area contributed by atoms with E-state index in [2.05, 4.69) is 15.4 Å². The van der Waals surface area contributed by atoms with Crippen LogP contribution >= 0.6 is 0 Å². The SMILES string of the molecule is CC(C)(C)c1cc(NC(=O)c2cccc(CS(=O)(=O)c3ccccc3)c2)n(-c2ccccn2)n1. The van der Waals surface area contributed by atoms with Gasteiger partial charge in [-0.05, 0) is 42.0 Å². The Labute approximate surface area is 199 Å². The summed E-state index contributed by atoms with van der Waals surface area (Å²) in [5.41, 5.74) is 1.46. The minimum Gasteiger partial charge on any atom is -0.306 e. The van der Waals surface area contributed by atoms with Gasteiger partial charge in [-0.2, -0.15) is 9.78 Å². The maximum absolute atomic E-state index is 13.1.